The van der Waals surface area contributed by atoms with E-state index in [-0.39, 0.29) is 5.91 Å². The van der Waals surface area contributed by atoms with Crippen molar-refractivity contribution >= 4 is 40.5 Å². The molecule has 0 unspecified atom stereocenters. The molecule has 0 aliphatic rings. The van der Waals surface area contributed by atoms with Gasteiger partial charge in [0.05, 0.1) is 0 Å². The number of hydrogen-bond acceptors (Lipinski definition) is 2. The van der Waals surface area contributed by atoms with Crippen LogP contribution in [0.2, 0.25) is 0 Å². The molecular weight excluding hydrogens is 319 g/mol. The molecule has 0 fully saturated rings. The Bertz CT molecular complexity index is 433. The number of rotatable bonds is 8. The van der Waals surface area contributed by atoms with Crippen LogP contribution in [0.5, 0.6) is 0 Å². The molecule has 0 saturated heterocycles. The van der Waals surface area contributed by atoms with Gasteiger partial charge in [0.25, 0.3) is 0 Å². The van der Waals surface area contributed by atoms with Gasteiger partial charge < -0.3 is 10.2 Å². The number of halogens is 2. The van der Waals surface area contributed by atoms with E-state index in [2.05, 4.69) is 10.2 Å². The van der Waals surface area contributed by atoms with Gasteiger partial charge in [-0.05, 0) is 31.0 Å². The molecule has 3 nitrogen and oxygen atoms in total. The highest BCUT2D eigenvalue weighted by atomic mass is 35.5. The first-order valence-electron chi connectivity index (χ1n) is 7.89. The van der Waals surface area contributed by atoms with Gasteiger partial charge in [0.15, 0.2) is 0 Å². The Balaban J connectivity index is 0.00000211. The lowest BCUT2D eigenvalue weighted by Crippen LogP contribution is -2.27. The van der Waals surface area contributed by atoms with Crippen molar-refractivity contribution in [3.8, 4) is 0 Å². The zero-order valence-corrected chi connectivity index (χ0v) is 15.6. The SMILES string of the molecule is CC.CCCC(=O)Nc1cc(N(CCCl)CCCl)ccc1C. The predicted molar refractivity (Wildman–Crippen MR) is 99.7 cm³/mol. The second-order valence-corrected chi connectivity index (χ2v) is 5.42. The van der Waals surface area contributed by atoms with Gasteiger partial charge in [-0.15, -0.1) is 23.2 Å². The highest BCUT2D eigenvalue weighted by Gasteiger charge is 2.09. The number of benzene rings is 1. The van der Waals surface area contributed by atoms with E-state index in [1.165, 1.54) is 0 Å². The molecule has 1 aromatic rings. The molecule has 0 aromatic heterocycles. The number of alkyl halides is 2. The van der Waals surface area contributed by atoms with E-state index >= 15 is 0 Å². The van der Waals surface area contributed by atoms with Crippen LogP contribution in [0, 0.1) is 6.92 Å². The van der Waals surface area contributed by atoms with Crippen molar-refractivity contribution in [2.45, 2.75) is 40.5 Å². The molecule has 1 rings (SSSR count). The third-order valence-corrected chi connectivity index (χ3v) is 3.38. The largest absolute Gasteiger partial charge is 0.369 e. The van der Waals surface area contributed by atoms with Gasteiger partial charge in [-0.25, -0.2) is 0 Å². The lowest BCUT2D eigenvalue weighted by molar-refractivity contribution is -0.116. The van der Waals surface area contributed by atoms with E-state index in [0.717, 1.165) is 36.4 Å². The summed E-state index contributed by atoms with van der Waals surface area (Å²) in [4.78, 5) is 13.9. The molecule has 0 bridgehead atoms. The summed E-state index contributed by atoms with van der Waals surface area (Å²) in [5, 5.41) is 2.96. The fraction of sp³-hybridized carbons (Fsp3) is 0.588. The van der Waals surface area contributed by atoms with E-state index in [9.17, 15) is 4.79 Å². The van der Waals surface area contributed by atoms with Crippen LogP contribution in [0.15, 0.2) is 18.2 Å². The third-order valence-electron chi connectivity index (χ3n) is 3.05. The first kappa shape index (κ1) is 21.1. The first-order valence-corrected chi connectivity index (χ1v) is 8.96. The molecule has 0 aliphatic heterocycles. The van der Waals surface area contributed by atoms with Crippen molar-refractivity contribution in [3.63, 3.8) is 0 Å². The molecule has 0 spiro atoms. The van der Waals surface area contributed by atoms with Gasteiger partial charge in [-0.2, -0.15) is 0 Å². The third kappa shape index (κ3) is 7.37. The topological polar surface area (TPSA) is 32.3 Å². The van der Waals surface area contributed by atoms with E-state index in [0.29, 0.717) is 18.2 Å². The minimum atomic E-state index is 0.0500. The highest BCUT2D eigenvalue weighted by Crippen LogP contribution is 2.23. The van der Waals surface area contributed by atoms with Gasteiger partial charge in [-0.3, -0.25) is 4.79 Å². The molecule has 1 aromatic carbocycles. The van der Waals surface area contributed by atoms with Crippen molar-refractivity contribution < 1.29 is 4.79 Å². The maximum atomic E-state index is 11.7. The van der Waals surface area contributed by atoms with E-state index in [4.69, 9.17) is 23.2 Å². The lowest BCUT2D eigenvalue weighted by atomic mass is 10.1. The Kier molecular flexibility index (Phi) is 12.1. The molecule has 0 radical (unpaired) electrons. The fourth-order valence-electron chi connectivity index (χ4n) is 1.96. The highest BCUT2D eigenvalue weighted by molar-refractivity contribution is 6.18. The summed E-state index contributed by atoms with van der Waals surface area (Å²) in [6.45, 7) is 9.45. The Labute approximate surface area is 145 Å². The van der Waals surface area contributed by atoms with Gasteiger partial charge in [0.2, 0.25) is 5.91 Å². The van der Waals surface area contributed by atoms with Crippen LogP contribution in [-0.2, 0) is 4.79 Å². The van der Waals surface area contributed by atoms with Crippen molar-refractivity contribution in [1.82, 2.24) is 0 Å². The molecule has 22 heavy (non-hydrogen) atoms. The summed E-state index contributed by atoms with van der Waals surface area (Å²) < 4.78 is 0. The maximum absolute atomic E-state index is 11.7. The van der Waals surface area contributed by atoms with E-state index in [1.54, 1.807) is 0 Å². The molecule has 0 aliphatic carbocycles. The zero-order valence-electron chi connectivity index (χ0n) is 14.1. The Morgan fingerprint density at radius 1 is 1.18 bits per heavy atom. The van der Waals surface area contributed by atoms with Crippen molar-refractivity contribution in [1.29, 1.82) is 0 Å². The van der Waals surface area contributed by atoms with Crippen LogP contribution in [0.25, 0.3) is 0 Å². The minimum absolute atomic E-state index is 0.0500. The smallest absolute Gasteiger partial charge is 0.224 e. The second-order valence-electron chi connectivity index (χ2n) is 4.66. The number of nitrogens with one attached hydrogen (secondary N) is 1. The fourth-order valence-corrected chi connectivity index (χ4v) is 2.36. The van der Waals surface area contributed by atoms with Gasteiger partial charge in [-0.1, -0.05) is 26.8 Å². The molecule has 1 amide bonds. The van der Waals surface area contributed by atoms with Gasteiger partial charge in [0, 0.05) is 42.6 Å². The molecule has 0 heterocycles. The molecule has 0 saturated carbocycles. The summed E-state index contributed by atoms with van der Waals surface area (Å²) >= 11 is 11.6. The number of hydrogen-bond donors (Lipinski definition) is 1. The van der Waals surface area contributed by atoms with E-state index < -0.39 is 0 Å². The Hall–Kier alpha value is -0.930. The summed E-state index contributed by atoms with van der Waals surface area (Å²) in [6.07, 6.45) is 1.38. The molecule has 0 atom stereocenters. The number of aryl methyl sites for hydroxylation is 1. The van der Waals surface area contributed by atoms with Crippen LogP contribution in [0.3, 0.4) is 0 Å². The number of anilines is 2. The first-order chi connectivity index (χ1) is 10.6. The van der Waals surface area contributed by atoms with Crippen LogP contribution >= 0.6 is 23.2 Å². The predicted octanol–water partition coefficient (Wildman–Crippen LogP) is 5.04. The average Bonchev–Trinajstić information content (AvgIpc) is 2.51. The Morgan fingerprint density at radius 3 is 2.27 bits per heavy atom. The summed E-state index contributed by atoms with van der Waals surface area (Å²) in [5.74, 6) is 1.14. The maximum Gasteiger partial charge on any atom is 0.224 e. The number of carbonyl (C=O) groups excluding carboxylic acids is 1. The quantitative estimate of drug-likeness (QED) is 0.668. The summed E-state index contributed by atoms with van der Waals surface area (Å²) in [7, 11) is 0. The van der Waals surface area contributed by atoms with Crippen molar-refractivity contribution in [2.24, 2.45) is 0 Å². The average molecular weight is 347 g/mol. The lowest BCUT2D eigenvalue weighted by Gasteiger charge is -2.24. The van der Waals surface area contributed by atoms with Crippen LogP contribution in [0.4, 0.5) is 11.4 Å². The van der Waals surface area contributed by atoms with Crippen molar-refractivity contribution in [2.75, 3.05) is 35.1 Å². The summed E-state index contributed by atoms with van der Waals surface area (Å²) in [5.41, 5.74) is 2.94. The molecular formula is C17H28Cl2N2O. The number of amides is 1. The van der Waals surface area contributed by atoms with E-state index in [1.807, 2.05) is 45.9 Å². The monoisotopic (exact) mass is 346 g/mol. The van der Waals surface area contributed by atoms with Crippen LogP contribution < -0.4 is 10.2 Å². The second kappa shape index (κ2) is 12.6. The van der Waals surface area contributed by atoms with Gasteiger partial charge >= 0.3 is 0 Å². The molecule has 1 N–H and O–H groups in total. The normalized spacial score (nSPS) is 9.73. The Morgan fingerprint density at radius 2 is 1.77 bits per heavy atom. The molecule has 126 valence electrons. The zero-order chi connectivity index (χ0) is 17.0. The number of nitrogens with zero attached hydrogens (tertiary/aromatic N) is 1. The van der Waals surface area contributed by atoms with Gasteiger partial charge in [0.1, 0.15) is 0 Å². The standard InChI is InChI=1S/C15H22Cl2N2O.C2H6/c1-3-4-15(20)18-14-11-13(6-5-12(14)2)19(9-7-16)10-8-17;1-2/h5-6,11H,3-4,7-10H2,1-2H3,(H,18,20);1-2H3. The molecule has 5 heteroatoms. The van der Waals surface area contributed by atoms with Crippen LogP contribution in [0.1, 0.15) is 39.2 Å². The van der Waals surface area contributed by atoms with Crippen molar-refractivity contribution in [3.05, 3.63) is 23.8 Å². The minimum Gasteiger partial charge on any atom is -0.369 e. The number of carbonyl (C=O) groups is 1. The van der Waals surface area contributed by atoms with Crippen LogP contribution in [-0.4, -0.2) is 30.8 Å². The summed E-state index contributed by atoms with van der Waals surface area (Å²) in [6, 6.07) is 6.03.